The van der Waals surface area contributed by atoms with Crippen molar-refractivity contribution in [3.05, 3.63) is 28.2 Å². The molecule has 1 amide bonds. The number of methoxy groups -OCH3 is 1. The lowest BCUT2D eigenvalue weighted by molar-refractivity contribution is 0.0953. The van der Waals surface area contributed by atoms with Crippen molar-refractivity contribution < 1.29 is 9.53 Å². The van der Waals surface area contributed by atoms with E-state index in [0.717, 1.165) is 29.2 Å². The average Bonchev–Trinajstić information content (AvgIpc) is 3.22. The van der Waals surface area contributed by atoms with E-state index in [-0.39, 0.29) is 5.91 Å². The van der Waals surface area contributed by atoms with Crippen LogP contribution in [0.2, 0.25) is 0 Å². The van der Waals surface area contributed by atoms with Gasteiger partial charge in [-0.25, -0.2) is 0 Å². The quantitative estimate of drug-likeness (QED) is 0.756. The van der Waals surface area contributed by atoms with Crippen molar-refractivity contribution in [2.45, 2.75) is 25.3 Å². The third-order valence-electron chi connectivity index (χ3n) is 3.06. The number of halogens is 1. The Balaban J connectivity index is 1.73. The highest BCUT2D eigenvalue weighted by atomic mass is 79.9. The van der Waals surface area contributed by atoms with E-state index in [1.165, 1.54) is 12.8 Å². The van der Waals surface area contributed by atoms with Gasteiger partial charge >= 0.3 is 0 Å². The van der Waals surface area contributed by atoms with E-state index in [0.29, 0.717) is 12.1 Å². The highest BCUT2D eigenvalue weighted by Crippen LogP contribution is 2.25. The number of ether oxygens (including phenoxy) is 1. The van der Waals surface area contributed by atoms with Gasteiger partial charge in [0.15, 0.2) is 0 Å². The normalized spacial score (nSPS) is 14.2. The molecule has 4 nitrogen and oxygen atoms in total. The minimum absolute atomic E-state index is 0.0465. The SMILES string of the molecule is COc1ccc(C(=O)NCCCNC2CC2)cc1Br. The number of carbonyl (C=O) groups excluding carboxylic acids is 1. The van der Waals surface area contributed by atoms with E-state index in [1.807, 2.05) is 0 Å². The second-order valence-electron chi connectivity index (χ2n) is 4.69. The van der Waals surface area contributed by atoms with Crippen LogP contribution in [0.5, 0.6) is 5.75 Å². The van der Waals surface area contributed by atoms with Gasteiger partial charge in [0.05, 0.1) is 11.6 Å². The monoisotopic (exact) mass is 326 g/mol. The summed E-state index contributed by atoms with van der Waals surface area (Å²) < 4.78 is 5.92. The lowest BCUT2D eigenvalue weighted by atomic mass is 10.2. The summed E-state index contributed by atoms with van der Waals surface area (Å²) >= 11 is 3.38. The maximum atomic E-state index is 11.9. The van der Waals surface area contributed by atoms with Gasteiger partial charge in [-0.15, -0.1) is 0 Å². The van der Waals surface area contributed by atoms with Gasteiger partial charge in [-0.05, 0) is 59.9 Å². The summed E-state index contributed by atoms with van der Waals surface area (Å²) in [6.07, 6.45) is 3.55. The van der Waals surface area contributed by atoms with Crippen LogP contribution in [0.4, 0.5) is 0 Å². The lowest BCUT2D eigenvalue weighted by Crippen LogP contribution is -2.27. The second kappa shape index (κ2) is 6.91. The van der Waals surface area contributed by atoms with Gasteiger partial charge in [-0.2, -0.15) is 0 Å². The van der Waals surface area contributed by atoms with Crippen molar-refractivity contribution >= 4 is 21.8 Å². The number of nitrogens with one attached hydrogen (secondary N) is 2. The number of hydrogen-bond acceptors (Lipinski definition) is 3. The van der Waals surface area contributed by atoms with E-state index < -0.39 is 0 Å². The van der Waals surface area contributed by atoms with Gasteiger partial charge < -0.3 is 15.4 Å². The van der Waals surface area contributed by atoms with E-state index >= 15 is 0 Å². The zero-order valence-electron chi connectivity index (χ0n) is 11.0. The third-order valence-corrected chi connectivity index (χ3v) is 3.68. The van der Waals surface area contributed by atoms with Gasteiger partial charge in [-0.3, -0.25) is 4.79 Å². The van der Waals surface area contributed by atoms with Gasteiger partial charge in [0.2, 0.25) is 0 Å². The molecular weight excluding hydrogens is 308 g/mol. The van der Waals surface area contributed by atoms with Crippen LogP contribution in [0, 0.1) is 0 Å². The Labute approximate surface area is 122 Å². The number of benzene rings is 1. The van der Waals surface area contributed by atoms with Gasteiger partial charge in [-0.1, -0.05) is 0 Å². The summed E-state index contributed by atoms with van der Waals surface area (Å²) in [7, 11) is 1.60. The van der Waals surface area contributed by atoms with Crippen LogP contribution in [0.25, 0.3) is 0 Å². The fraction of sp³-hybridized carbons (Fsp3) is 0.500. The average molecular weight is 327 g/mol. The highest BCUT2D eigenvalue weighted by Gasteiger charge is 2.19. The molecule has 104 valence electrons. The van der Waals surface area contributed by atoms with Crippen LogP contribution in [-0.4, -0.2) is 32.1 Å². The van der Waals surface area contributed by atoms with Crippen LogP contribution in [0.15, 0.2) is 22.7 Å². The summed E-state index contributed by atoms with van der Waals surface area (Å²) in [4.78, 5) is 11.9. The molecule has 1 aliphatic carbocycles. The molecule has 0 radical (unpaired) electrons. The molecule has 1 saturated carbocycles. The third kappa shape index (κ3) is 4.51. The zero-order chi connectivity index (χ0) is 13.7. The Morgan fingerprint density at radius 3 is 2.84 bits per heavy atom. The zero-order valence-corrected chi connectivity index (χ0v) is 12.6. The van der Waals surface area contributed by atoms with Gasteiger partial charge in [0, 0.05) is 18.2 Å². The molecule has 19 heavy (non-hydrogen) atoms. The van der Waals surface area contributed by atoms with Crippen molar-refractivity contribution in [1.29, 1.82) is 0 Å². The minimum atomic E-state index is -0.0465. The van der Waals surface area contributed by atoms with Crippen molar-refractivity contribution in [2.75, 3.05) is 20.2 Å². The molecule has 0 saturated heterocycles. The predicted molar refractivity (Wildman–Crippen MR) is 78.7 cm³/mol. The molecule has 1 aromatic rings. The maximum absolute atomic E-state index is 11.9. The molecule has 0 aliphatic heterocycles. The summed E-state index contributed by atoms with van der Waals surface area (Å²) in [5, 5.41) is 6.34. The van der Waals surface area contributed by atoms with Crippen LogP contribution >= 0.6 is 15.9 Å². The largest absolute Gasteiger partial charge is 0.496 e. The first-order chi connectivity index (χ1) is 9.20. The van der Waals surface area contributed by atoms with Crippen LogP contribution in [0.1, 0.15) is 29.6 Å². The number of rotatable bonds is 7. The summed E-state index contributed by atoms with van der Waals surface area (Å²) in [5.74, 6) is 0.681. The Kier molecular flexibility index (Phi) is 5.22. The van der Waals surface area contributed by atoms with Gasteiger partial charge in [0.25, 0.3) is 5.91 Å². The highest BCUT2D eigenvalue weighted by molar-refractivity contribution is 9.10. The topological polar surface area (TPSA) is 50.4 Å². The molecule has 1 fully saturated rings. The molecule has 0 aromatic heterocycles. The Morgan fingerprint density at radius 1 is 1.42 bits per heavy atom. The summed E-state index contributed by atoms with van der Waals surface area (Å²) in [6.45, 7) is 1.67. The number of carbonyl (C=O) groups is 1. The second-order valence-corrected chi connectivity index (χ2v) is 5.54. The molecule has 0 unspecified atom stereocenters. The molecule has 5 heteroatoms. The van der Waals surface area contributed by atoms with E-state index in [9.17, 15) is 4.79 Å². The lowest BCUT2D eigenvalue weighted by Gasteiger charge is -2.08. The van der Waals surface area contributed by atoms with Crippen LogP contribution in [0.3, 0.4) is 0 Å². The molecule has 1 aliphatic rings. The first kappa shape index (κ1) is 14.3. The molecule has 0 heterocycles. The molecule has 1 aromatic carbocycles. The predicted octanol–water partition coefficient (Wildman–Crippen LogP) is 2.33. The number of hydrogen-bond donors (Lipinski definition) is 2. The molecule has 0 atom stereocenters. The molecule has 2 N–H and O–H groups in total. The van der Waals surface area contributed by atoms with E-state index in [1.54, 1.807) is 25.3 Å². The molecule has 2 rings (SSSR count). The van der Waals surface area contributed by atoms with Crippen molar-refractivity contribution in [3.8, 4) is 5.75 Å². The van der Waals surface area contributed by atoms with Crippen molar-refractivity contribution in [1.82, 2.24) is 10.6 Å². The molecule has 0 spiro atoms. The smallest absolute Gasteiger partial charge is 0.251 e. The van der Waals surface area contributed by atoms with Crippen LogP contribution in [-0.2, 0) is 0 Å². The standard InChI is InChI=1S/C14H19BrN2O2/c1-19-13-6-3-10(9-12(13)15)14(18)17-8-2-7-16-11-4-5-11/h3,6,9,11,16H,2,4-5,7-8H2,1H3,(H,17,18). The number of amides is 1. The molecular formula is C14H19BrN2O2. The van der Waals surface area contributed by atoms with Gasteiger partial charge in [0.1, 0.15) is 5.75 Å². The maximum Gasteiger partial charge on any atom is 0.251 e. The first-order valence-corrected chi connectivity index (χ1v) is 7.35. The fourth-order valence-electron chi connectivity index (χ4n) is 1.79. The molecule has 0 bridgehead atoms. The first-order valence-electron chi connectivity index (χ1n) is 6.56. The summed E-state index contributed by atoms with van der Waals surface area (Å²) in [6, 6.07) is 6.05. The van der Waals surface area contributed by atoms with Crippen LogP contribution < -0.4 is 15.4 Å². The summed E-state index contributed by atoms with van der Waals surface area (Å²) in [5.41, 5.74) is 0.642. The van der Waals surface area contributed by atoms with E-state index in [2.05, 4.69) is 26.6 Å². The van der Waals surface area contributed by atoms with E-state index in [4.69, 9.17) is 4.74 Å². The Morgan fingerprint density at radius 2 is 2.21 bits per heavy atom. The Hall–Kier alpha value is -1.07. The Bertz CT molecular complexity index is 447. The minimum Gasteiger partial charge on any atom is -0.496 e. The fourth-order valence-corrected chi connectivity index (χ4v) is 2.33. The van der Waals surface area contributed by atoms with Crippen molar-refractivity contribution in [2.24, 2.45) is 0 Å². The van der Waals surface area contributed by atoms with Crippen molar-refractivity contribution in [3.63, 3.8) is 0 Å².